The summed E-state index contributed by atoms with van der Waals surface area (Å²) in [5.41, 5.74) is 13.4. The van der Waals surface area contributed by atoms with Gasteiger partial charge in [-0.1, -0.05) is 97.1 Å². The molecule has 11 aromatic carbocycles. The average molecular weight is 871 g/mol. The van der Waals surface area contributed by atoms with E-state index in [1.165, 1.54) is 10.8 Å². The number of para-hydroxylation sites is 2. The summed E-state index contributed by atoms with van der Waals surface area (Å²) in [5, 5.41) is 16.9. The summed E-state index contributed by atoms with van der Waals surface area (Å²) in [6.45, 7) is 0. The van der Waals surface area contributed by atoms with E-state index >= 15 is 0 Å². The normalized spacial score (nSPS) is 12.7. The standard InChI is InChI=1S/C62H30O6/c1-3-11-33-23-51-43(21-31(33)9-1)37-19-17-35(25-49(37)63-51)41-27-55-57(59-39-13-5-7-15-47(39)67-61(41)59)45-29-54-46(30-53(45)65-55)58-56(66-54)28-42(62-60(58)40-14-6-8-16-48(40)68-62)36-18-20-38-44-22-32-10-2-4-12-34(32)24-52(44)64-50(38)26-36/h1-30H. The van der Waals surface area contributed by atoms with Gasteiger partial charge in [0, 0.05) is 75.8 Å². The zero-order valence-electron chi connectivity index (χ0n) is 35.8. The van der Waals surface area contributed by atoms with Gasteiger partial charge in [0.2, 0.25) is 0 Å². The Balaban J connectivity index is 0.895. The van der Waals surface area contributed by atoms with Crippen LogP contribution in [0.1, 0.15) is 0 Å². The summed E-state index contributed by atoms with van der Waals surface area (Å²) in [4.78, 5) is 0. The van der Waals surface area contributed by atoms with Gasteiger partial charge in [-0.25, -0.2) is 0 Å². The molecule has 0 saturated heterocycles. The second kappa shape index (κ2) is 12.3. The molecule has 0 N–H and O–H groups in total. The molecule has 0 amide bonds. The van der Waals surface area contributed by atoms with E-state index in [2.05, 4.69) is 158 Å². The van der Waals surface area contributed by atoms with E-state index in [9.17, 15) is 0 Å². The van der Waals surface area contributed by atoms with Crippen molar-refractivity contribution in [3.63, 3.8) is 0 Å². The van der Waals surface area contributed by atoms with Gasteiger partial charge in [-0.2, -0.15) is 0 Å². The van der Waals surface area contributed by atoms with Crippen LogP contribution >= 0.6 is 0 Å². The molecule has 6 aromatic heterocycles. The van der Waals surface area contributed by atoms with Crippen LogP contribution in [0.25, 0.3) is 175 Å². The first kappa shape index (κ1) is 35.1. The fraction of sp³-hybridized carbons (Fsp3) is 0. The highest BCUT2D eigenvalue weighted by molar-refractivity contribution is 6.33. The van der Waals surface area contributed by atoms with Crippen molar-refractivity contribution < 1.29 is 26.5 Å². The van der Waals surface area contributed by atoms with Crippen LogP contribution in [0.15, 0.2) is 208 Å². The lowest BCUT2D eigenvalue weighted by molar-refractivity contribution is 0.661. The van der Waals surface area contributed by atoms with Gasteiger partial charge in [0.05, 0.1) is 0 Å². The third kappa shape index (κ3) is 4.55. The number of fused-ring (bicyclic) bond motifs is 22. The molecule has 0 spiro atoms. The van der Waals surface area contributed by atoms with Crippen LogP contribution in [0.3, 0.4) is 0 Å². The minimum atomic E-state index is 0.756. The van der Waals surface area contributed by atoms with Gasteiger partial charge < -0.3 is 26.5 Å². The molecule has 0 fully saturated rings. The highest BCUT2D eigenvalue weighted by Crippen LogP contribution is 2.50. The minimum Gasteiger partial charge on any atom is -0.456 e. The van der Waals surface area contributed by atoms with Crippen LogP contribution in [-0.4, -0.2) is 0 Å². The molecule has 6 heterocycles. The Morgan fingerprint density at radius 1 is 0.206 bits per heavy atom. The number of rotatable bonds is 2. The molecule has 0 saturated carbocycles. The minimum absolute atomic E-state index is 0.756. The van der Waals surface area contributed by atoms with Crippen LogP contribution in [-0.2, 0) is 0 Å². The summed E-state index contributed by atoms with van der Waals surface area (Å²) >= 11 is 0. The Morgan fingerprint density at radius 2 is 0.588 bits per heavy atom. The van der Waals surface area contributed by atoms with E-state index in [1.807, 2.05) is 24.3 Å². The maximum atomic E-state index is 6.97. The molecule has 0 bridgehead atoms. The zero-order chi connectivity index (χ0) is 43.9. The summed E-state index contributed by atoms with van der Waals surface area (Å²) in [6, 6.07) is 63.4. The van der Waals surface area contributed by atoms with Crippen LogP contribution in [0, 0.1) is 0 Å². The van der Waals surface area contributed by atoms with E-state index in [1.54, 1.807) is 0 Å². The first-order chi connectivity index (χ1) is 33.6. The van der Waals surface area contributed by atoms with E-state index in [-0.39, 0.29) is 0 Å². The Hall–Kier alpha value is -9.26. The number of hydrogen-bond acceptors (Lipinski definition) is 6. The summed E-state index contributed by atoms with van der Waals surface area (Å²) < 4.78 is 40.7. The predicted octanol–water partition coefficient (Wildman–Crippen LogP) is 18.7. The van der Waals surface area contributed by atoms with Gasteiger partial charge in [-0.15, -0.1) is 0 Å². The lowest BCUT2D eigenvalue weighted by atomic mass is 9.96. The van der Waals surface area contributed by atoms with E-state index in [0.717, 1.165) is 165 Å². The molecular formula is C62H30O6. The lowest BCUT2D eigenvalue weighted by Gasteiger charge is -2.04. The molecule has 0 aliphatic carbocycles. The second-order valence-electron chi connectivity index (χ2n) is 18.3. The molecule has 0 aliphatic rings. The monoisotopic (exact) mass is 870 g/mol. The summed E-state index contributed by atoms with van der Waals surface area (Å²) in [7, 11) is 0. The Bertz CT molecular complexity index is 4780. The number of furan rings is 6. The number of hydrogen-bond donors (Lipinski definition) is 0. The molecule has 6 heteroatoms. The quantitative estimate of drug-likeness (QED) is 0.172. The highest BCUT2D eigenvalue weighted by Gasteiger charge is 2.26. The Labute approximate surface area is 382 Å². The van der Waals surface area contributed by atoms with Gasteiger partial charge in [0.15, 0.2) is 0 Å². The third-order valence-electron chi connectivity index (χ3n) is 14.6. The van der Waals surface area contributed by atoms with Gasteiger partial charge in [-0.3, -0.25) is 0 Å². The van der Waals surface area contributed by atoms with Crippen molar-refractivity contribution in [2.75, 3.05) is 0 Å². The van der Waals surface area contributed by atoms with Gasteiger partial charge in [-0.05, 0) is 118 Å². The molecule has 0 radical (unpaired) electrons. The highest BCUT2D eigenvalue weighted by atomic mass is 16.4. The van der Waals surface area contributed by atoms with Crippen molar-refractivity contribution in [1.82, 2.24) is 0 Å². The van der Waals surface area contributed by atoms with Crippen LogP contribution in [0.2, 0.25) is 0 Å². The zero-order valence-corrected chi connectivity index (χ0v) is 35.8. The van der Waals surface area contributed by atoms with E-state index < -0.39 is 0 Å². The van der Waals surface area contributed by atoms with Crippen LogP contribution < -0.4 is 0 Å². The maximum absolute atomic E-state index is 6.97. The lowest BCUT2D eigenvalue weighted by Crippen LogP contribution is -1.81. The van der Waals surface area contributed by atoms with Crippen LogP contribution in [0.5, 0.6) is 0 Å². The smallest absolute Gasteiger partial charge is 0.144 e. The Morgan fingerprint density at radius 3 is 1.06 bits per heavy atom. The molecule has 68 heavy (non-hydrogen) atoms. The number of benzene rings is 11. The summed E-state index contributed by atoms with van der Waals surface area (Å²) in [5.74, 6) is 0. The fourth-order valence-electron chi connectivity index (χ4n) is 11.5. The fourth-order valence-corrected chi connectivity index (χ4v) is 11.5. The van der Waals surface area contributed by atoms with E-state index in [4.69, 9.17) is 26.5 Å². The third-order valence-corrected chi connectivity index (χ3v) is 14.6. The molecular weight excluding hydrogens is 841 g/mol. The van der Waals surface area contributed by atoms with Gasteiger partial charge >= 0.3 is 0 Å². The maximum Gasteiger partial charge on any atom is 0.144 e. The van der Waals surface area contributed by atoms with E-state index in [0.29, 0.717) is 0 Å². The van der Waals surface area contributed by atoms with Crippen molar-refractivity contribution in [2.24, 2.45) is 0 Å². The van der Waals surface area contributed by atoms with Crippen LogP contribution in [0.4, 0.5) is 0 Å². The SMILES string of the molecule is c1ccc2cc3c(cc2c1)oc1cc(-c2cc4oc5cc6c(cc5c4c4c2oc2ccccc24)oc2cc(-c4ccc5c(c4)oc4cc7ccccc7cc45)c4oc5ccccc5c4c26)ccc13. The van der Waals surface area contributed by atoms with Crippen molar-refractivity contribution in [2.45, 2.75) is 0 Å². The van der Waals surface area contributed by atoms with Crippen molar-refractivity contribution in [1.29, 1.82) is 0 Å². The molecule has 314 valence electrons. The van der Waals surface area contributed by atoms with Gasteiger partial charge in [0.25, 0.3) is 0 Å². The summed E-state index contributed by atoms with van der Waals surface area (Å²) in [6.07, 6.45) is 0. The Kier molecular flexibility index (Phi) is 6.36. The molecule has 0 unspecified atom stereocenters. The van der Waals surface area contributed by atoms with Crippen molar-refractivity contribution in [3.05, 3.63) is 182 Å². The largest absolute Gasteiger partial charge is 0.456 e. The second-order valence-corrected chi connectivity index (χ2v) is 18.3. The predicted molar refractivity (Wildman–Crippen MR) is 276 cm³/mol. The molecule has 0 atom stereocenters. The first-order valence-corrected chi connectivity index (χ1v) is 22.9. The average Bonchev–Trinajstić information content (AvgIpc) is 4.23. The van der Waals surface area contributed by atoms with Crippen molar-refractivity contribution in [3.8, 4) is 22.3 Å². The van der Waals surface area contributed by atoms with Gasteiger partial charge in [0.1, 0.15) is 67.0 Å². The molecule has 6 nitrogen and oxygen atoms in total. The topological polar surface area (TPSA) is 78.8 Å². The molecule has 17 aromatic rings. The van der Waals surface area contributed by atoms with Crippen molar-refractivity contribution >= 4 is 153 Å². The molecule has 17 rings (SSSR count). The first-order valence-electron chi connectivity index (χ1n) is 22.9. The molecule has 0 aliphatic heterocycles.